The molecular weight excluding hydrogens is 205 g/mol. The van der Waals surface area contributed by atoms with Crippen molar-refractivity contribution in [1.29, 1.82) is 5.26 Å². The quantitative estimate of drug-likeness (QED) is 0.814. The van der Waals surface area contributed by atoms with Crippen LogP contribution in [0.25, 0.3) is 0 Å². The molecule has 1 fully saturated rings. The van der Waals surface area contributed by atoms with Gasteiger partial charge >= 0.3 is 0 Å². The van der Waals surface area contributed by atoms with Gasteiger partial charge in [0.15, 0.2) is 0 Å². The second-order valence-corrected chi connectivity index (χ2v) is 4.17. The molecule has 1 saturated heterocycles. The molecule has 16 heavy (non-hydrogen) atoms. The Morgan fingerprint density at radius 3 is 3.00 bits per heavy atom. The molecule has 0 saturated carbocycles. The van der Waals surface area contributed by atoms with Crippen LogP contribution in [0, 0.1) is 17.1 Å². The van der Waals surface area contributed by atoms with Gasteiger partial charge in [-0.2, -0.15) is 5.26 Å². The lowest BCUT2D eigenvalue weighted by molar-refractivity contribution is 0.321. The highest BCUT2D eigenvalue weighted by molar-refractivity contribution is 5.34. The molecule has 4 heteroatoms. The van der Waals surface area contributed by atoms with Gasteiger partial charge in [0.05, 0.1) is 5.56 Å². The number of nitrogens with two attached hydrogens (primary N) is 1. The van der Waals surface area contributed by atoms with Gasteiger partial charge in [0.1, 0.15) is 11.9 Å². The lowest BCUT2D eigenvalue weighted by Gasteiger charge is -2.15. The number of rotatable bonds is 2. The highest BCUT2D eigenvalue weighted by Crippen LogP contribution is 2.17. The van der Waals surface area contributed by atoms with Crippen LogP contribution in [0.5, 0.6) is 0 Å². The molecule has 3 nitrogen and oxygen atoms in total. The van der Waals surface area contributed by atoms with Crippen molar-refractivity contribution in [2.45, 2.75) is 19.0 Å². The molecular formula is C12H14FN3. The molecule has 1 aromatic carbocycles. The highest BCUT2D eigenvalue weighted by atomic mass is 19.1. The second kappa shape index (κ2) is 4.60. The normalized spacial score (nSPS) is 20.9. The van der Waals surface area contributed by atoms with E-state index in [4.69, 9.17) is 11.0 Å². The molecule has 0 unspecified atom stereocenters. The number of hydrogen-bond acceptors (Lipinski definition) is 3. The van der Waals surface area contributed by atoms with Crippen LogP contribution in [-0.4, -0.2) is 24.0 Å². The van der Waals surface area contributed by atoms with Crippen LogP contribution in [0.1, 0.15) is 17.5 Å². The van der Waals surface area contributed by atoms with E-state index in [0.717, 1.165) is 19.5 Å². The lowest BCUT2D eigenvalue weighted by Crippen LogP contribution is -2.26. The van der Waals surface area contributed by atoms with Gasteiger partial charge in [0.25, 0.3) is 0 Å². The maximum Gasteiger partial charge on any atom is 0.145 e. The maximum atomic E-state index is 13.7. The SMILES string of the molecule is N#Cc1cccc(CN2CC[C@H](N)C2)c1F. The monoisotopic (exact) mass is 219 g/mol. The summed E-state index contributed by atoms with van der Waals surface area (Å²) in [6.45, 7) is 2.24. The Kier molecular flexibility index (Phi) is 3.18. The molecule has 0 aliphatic carbocycles. The third-order valence-electron chi connectivity index (χ3n) is 2.90. The van der Waals surface area contributed by atoms with Crippen molar-refractivity contribution >= 4 is 0 Å². The van der Waals surface area contributed by atoms with Crippen molar-refractivity contribution in [1.82, 2.24) is 4.90 Å². The Morgan fingerprint density at radius 1 is 1.56 bits per heavy atom. The number of halogens is 1. The highest BCUT2D eigenvalue weighted by Gasteiger charge is 2.20. The zero-order valence-electron chi connectivity index (χ0n) is 8.99. The average molecular weight is 219 g/mol. The number of hydrogen-bond donors (Lipinski definition) is 1. The summed E-state index contributed by atoms with van der Waals surface area (Å²) in [5.41, 5.74) is 6.47. The first kappa shape index (κ1) is 11.1. The van der Waals surface area contributed by atoms with E-state index < -0.39 is 5.82 Å². The van der Waals surface area contributed by atoms with Crippen LogP contribution >= 0.6 is 0 Å². The Bertz CT molecular complexity index is 425. The Labute approximate surface area is 94.3 Å². The summed E-state index contributed by atoms with van der Waals surface area (Å²) in [6, 6.07) is 6.98. The zero-order valence-corrected chi connectivity index (χ0v) is 8.99. The molecule has 1 atom stereocenters. The van der Waals surface area contributed by atoms with E-state index in [1.54, 1.807) is 12.1 Å². The van der Waals surface area contributed by atoms with E-state index >= 15 is 0 Å². The van der Waals surface area contributed by atoms with Crippen LogP contribution in [0.2, 0.25) is 0 Å². The van der Waals surface area contributed by atoms with Gasteiger partial charge in [-0.15, -0.1) is 0 Å². The molecule has 1 aliphatic rings. The van der Waals surface area contributed by atoms with Crippen LogP contribution in [0.15, 0.2) is 18.2 Å². The van der Waals surface area contributed by atoms with Gasteiger partial charge in [-0.1, -0.05) is 12.1 Å². The van der Waals surface area contributed by atoms with Gasteiger partial charge in [-0.05, 0) is 12.5 Å². The molecule has 2 rings (SSSR count). The largest absolute Gasteiger partial charge is 0.326 e. The number of likely N-dealkylation sites (tertiary alicyclic amines) is 1. The molecule has 0 amide bonds. The fourth-order valence-corrected chi connectivity index (χ4v) is 2.04. The van der Waals surface area contributed by atoms with E-state index in [2.05, 4.69) is 4.90 Å². The van der Waals surface area contributed by atoms with Crippen molar-refractivity contribution in [3.05, 3.63) is 35.1 Å². The van der Waals surface area contributed by atoms with Crippen LogP contribution < -0.4 is 5.73 Å². The van der Waals surface area contributed by atoms with E-state index in [1.807, 2.05) is 6.07 Å². The molecule has 1 heterocycles. The summed E-state index contributed by atoms with van der Waals surface area (Å²) in [5, 5.41) is 8.72. The third kappa shape index (κ3) is 2.21. The molecule has 1 aliphatic heterocycles. The Hall–Kier alpha value is -1.44. The summed E-state index contributed by atoms with van der Waals surface area (Å²) in [4.78, 5) is 2.12. The van der Waals surface area contributed by atoms with E-state index in [1.165, 1.54) is 6.07 Å². The summed E-state index contributed by atoms with van der Waals surface area (Å²) >= 11 is 0. The minimum absolute atomic E-state index is 0.112. The molecule has 0 bridgehead atoms. The maximum absolute atomic E-state index is 13.7. The van der Waals surface area contributed by atoms with Crippen molar-refractivity contribution in [2.24, 2.45) is 5.73 Å². The van der Waals surface area contributed by atoms with Crippen molar-refractivity contribution in [2.75, 3.05) is 13.1 Å². The van der Waals surface area contributed by atoms with Crippen molar-refractivity contribution in [3.63, 3.8) is 0 Å². The molecule has 1 aromatic rings. The van der Waals surface area contributed by atoms with Crippen LogP contribution in [-0.2, 0) is 6.54 Å². The van der Waals surface area contributed by atoms with Crippen molar-refractivity contribution < 1.29 is 4.39 Å². The van der Waals surface area contributed by atoms with Gasteiger partial charge in [-0.25, -0.2) is 4.39 Å². The molecule has 0 spiro atoms. The fraction of sp³-hybridized carbons (Fsp3) is 0.417. The molecule has 0 radical (unpaired) electrons. The van der Waals surface area contributed by atoms with E-state index in [0.29, 0.717) is 12.1 Å². The summed E-state index contributed by atoms with van der Waals surface area (Å²) in [6.07, 6.45) is 0.958. The first-order chi connectivity index (χ1) is 7.70. The summed E-state index contributed by atoms with van der Waals surface area (Å²) < 4.78 is 13.7. The summed E-state index contributed by atoms with van der Waals surface area (Å²) in [5.74, 6) is -0.398. The van der Waals surface area contributed by atoms with E-state index in [-0.39, 0.29) is 11.6 Å². The second-order valence-electron chi connectivity index (χ2n) is 4.17. The average Bonchev–Trinajstić information content (AvgIpc) is 2.67. The predicted molar refractivity (Wildman–Crippen MR) is 59.0 cm³/mol. The molecule has 84 valence electrons. The van der Waals surface area contributed by atoms with Gasteiger partial charge in [0, 0.05) is 31.2 Å². The standard InChI is InChI=1S/C12H14FN3/c13-12-9(6-14)2-1-3-10(12)7-16-5-4-11(15)8-16/h1-3,11H,4-5,7-8,15H2/t11-/m0/s1. The van der Waals surface area contributed by atoms with Crippen LogP contribution in [0.3, 0.4) is 0 Å². The Balaban J connectivity index is 2.13. The minimum atomic E-state index is -0.398. The third-order valence-corrected chi connectivity index (χ3v) is 2.90. The van der Waals surface area contributed by atoms with Gasteiger partial charge < -0.3 is 5.73 Å². The molecule has 2 N–H and O–H groups in total. The smallest absolute Gasteiger partial charge is 0.145 e. The number of benzene rings is 1. The number of nitriles is 1. The first-order valence-corrected chi connectivity index (χ1v) is 5.36. The fourth-order valence-electron chi connectivity index (χ4n) is 2.04. The topological polar surface area (TPSA) is 53.0 Å². The van der Waals surface area contributed by atoms with Gasteiger partial charge in [-0.3, -0.25) is 4.90 Å². The molecule has 0 aromatic heterocycles. The Morgan fingerprint density at radius 2 is 2.38 bits per heavy atom. The predicted octanol–water partition coefficient (Wildman–Crippen LogP) is 1.23. The van der Waals surface area contributed by atoms with Crippen molar-refractivity contribution in [3.8, 4) is 6.07 Å². The summed E-state index contributed by atoms with van der Waals surface area (Å²) in [7, 11) is 0. The van der Waals surface area contributed by atoms with Gasteiger partial charge in [0.2, 0.25) is 0 Å². The van der Waals surface area contributed by atoms with E-state index in [9.17, 15) is 4.39 Å². The minimum Gasteiger partial charge on any atom is -0.326 e. The number of nitrogens with zero attached hydrogens (tertiary/aromatic N) is 2. The first-order valence-electron chi connectivity index (χ1n) is 5.36. The van der Waals surface area contributed by atoms with Crippen LogP contribution in [0.4, 0.5) is 4.39 Å². The lowest BCUT2D eigenvalue weighted by atomic mass is 10.1. The zero-order chi connectivity index (χ0) is 11.5.